The number of hydrogen-bond donors (Lipinski definition) is 1. The first-order valence-corrected chi connectivity index (χ1v) is 5.85. The number of aromatic nitrogens is 2. The van der Waals surface area contributed by atoms with Crippen LogP contribution in [0.15, 0.2) is 35.3 Å². The van der Waals surface area contributed by atoms with E-state index in [1.54, 1.807) is 6.92 Å². The lowest BCUT2D eigenvalue weighted by Gasteiger charge is -2.09. The number of fused-ring (bicyclic) bond motifs is 1. The van der Waals surface area contributed by atoms with Crippen LogP contribution in [0, 0.1) is 0 Å². The van der Waals surface area contributed by atoms with Gasteiger partial charge in [0.05, 0.1) is 17.6 Å². The first kappa shape index (κ1) is 11.4. The SMILES string of the molecule is C=C(Br)Cn1c([C@@H](C)O)nc2ccccc21. The molecule has 0 unspecified atom stereocenters. The molecule has 0 spiro atoms. The van der Waals surface area contributed by atoms with Crippen molar-refractivity contribution in [3.8, 4) is 0 Å². The van der Waals surface area contributed by atoms with Gasteiger partial charge in [0.2, 0.25) is 0 Å². The molecule has 3 nitrogen and oxygen atoms in total. The van der Waals surface area contributed by atoms with E-state index in [-0.39, 0.29) is 0 Å². The Labute approximate surface area is 103 Å². The Morgan fingerprint density at radius 3 is 2.88 bits per heavy atom. The number of aliphatic hydroxyl groups is 1. The van der Waals surface area contributed by atoms with Crippen molar-refractivity contribution < 1.29 is 5.11 Å². The number of benzene rings is 1. The summed E-state index contributed by atoms with van der Waals surface area (Å²) in [5.41, 5.74) is 1.91. The Balaban J connectivity index is 2.64. The van der Waals surface area contributed by atoms with Crippen LogP contribution < -0.4 is 0 Å². The van der Waals surface area contributed by atoms with Crippen LogP contribution in [0.4, 0.5) is 0 Å². The van der Waals surface area contributed by atoms with Crippen molar-refractivity contribution in [2.75, 3.05) is 0 Å². The summed E-state index contributed by atoms with van der Waals surface area (Å²) in [6.45, 7) is 6.15. The quantitative estimate of drug-likeness (QED) is 0.939. The summed E-state index contributed by atoms with van der Waals surface area (Å²) in [6, 6.07) is 7.83. The van der Waals surface area contributed by atoms with Crippen LogP contribution in [0.2, 0.25) is 0 Å². The number of nitrogens with zero attached hydrogens (tertiary/aromatic N) is 2. The molecule has 0 aliphatic rings. The zero-order valence-electron chi connectivity index (χ0n) is 9.02. The zero-order valence-corrected chi connectivity index (χ0v) is 10.6. The standard InChI is InChI=1S/C12H13BrN2O/c1-8(13)7-15-11-6-4-3-5-10(11)14-12(15)9(2)16/h3-6,9,16H,1,7H2,2H3/t9-/m1/s1. The summed E-state index contributed by atoms with van der Waals surface area (Å²) in [5.74, 6) is 0.668. The van der Waals surface area contributed by atoms with Gasteiger partial charge < -0.3 is 9.67 Å². The third kappa shape index (κ3) is 2.03. The number of allylic oxidation sites excluding steroid dienone is 1. The number of halogens is 1. The molecule has 2 aromatic rings. The van der Waals surface area contributed by atoms with E-state index in [1.165, 1.54) is 0 Å². The Morgan fingerprint density at radius 1 is 1.56 bits per heavy atom. The molecule has 4 heteroatoms. The van der Waals surface area contributed by atoms with Crippen molar-refractivity contribution in [1.82, 2.24) is 9.55 Å². The average molecular weight is 281 g/mol. The minimum atomic E-state index is -0.584. The molecule has 1 N–H and O–H groups in total. The van der Waals surface area contributed by atoms with E-state index < -0.39 is 6.10 Å². The summed E-state index contributed by atoms with van der Waals surface area (Å²) in [4.78, 5) is 4.42. The van der Waals surface area contributed by atoms with Crippen molar-refractivity contribution >= 4 is 27.0 Å². The summed E-state index contributed by atoms with van der Waals surface area (Å²) >= 11 is 3.34. The molecule has 84 valence electrons. The largest absolute Gasteiger partial charge is 0.385 e. The summed E-state index contributed by atoms with van der Waals surface area (Å²) in [7, 11) is 0. The molecule has 0 bridgehead atoms. The maximum atomic E-state index is 9.69. The molecule has 1 aromatic heterocycles. The van der Waals surface area contributed by atoms with Crippen LogP contribution in [-0.2, 0) is 6.54 Å². The Hall–Kier alpha value is -1.13. The van der Waals surface area contributed by atoms with Gasteiger partial charge in [-0.2, -0.15) is 0 Å². The Morgan fingerprint density at radius 2 is 2.25 bits per heavy atom. The third-order valence-electron chi connectivity index (χ3n) is 2.39. The van der Waals surface area contributed by atoms with E-state index in [0.29, 0.717) is 12.4 Å². The summed E-state index contributed by atoms with van der Waals surface area (Å²) in [5, 5.41) is 9.69. The summed E-state index contributed by atoms with van der Waals surface area (Å²) < 4.78 is 2.83. The van der Waals surface area contributed by atoms with E-state index in [1.807, 2.05) is 28.8 Å². The second kappa shape index (κ2) is 4.39. The molecule has 16 heavy (non-hydrogen) atoms. The molecule has 0 aliphatic heterocycles. The van der Waals surface area contributed by atoms with Crippen LogP contribution >= 0.6 is 15.9 Å². The summed E-state index contributed by atoms with van der Waals surface area (Å²) in [6.07, 6.45) is -0.584. The fraction of sp³-hybridized carbons (Fsp3) is 0.250. The lowest BCUT2D eigenvalue weighted by Crippen LogP contribution is -2.06. The lowest BCUT2D eigenvalue weighted by molar-refractivity contribution is 0.185. The van der Waals surface area contributed by atoms with Crippen LogP contribution in [0.3, 0.4) is 0 Å². The highest BCUT2D eigenvalue weighted by molar-refractivity contribution is 9.11. The first-order chi connectivity index (χ1) is 7.59. The fourth-order valence-electron chi connectivity index (χ4n) is 1.75. The molecular formula is C12H13BrN2O. The van der Waals surface area contributed by atoms with Crippen molar-refractivity contribution in [3.63, 3.8) is 0 Å². The third-order valence-corrected chi connectivity index (χ3v) is 2.64. The molecule has 0 saturated heterocycles. The van der Waals surface area contributed by atoms with Gasteiger partial charge in [-0.15, -0.1) is 0 Å². The van der Waals surface area contributed by atoms with Gasteiger partial charge in [-0.1, -0.05) is 34.6 Å². The second-order valence-corrected chi connectivity index (χ2v) is 4.86. The highest BCUT2D eigenvalue weighted by Crippen LogP contribution is 2.22. The minimum absolute atomic E-state index is 0.584. The van der Waals surface area contributed by atoms with E-state index in [2.05, 4.69) is 27.5 Å². The lowest BCUT2D eigenvalue weighted by atomic mass is 10.3. The van der Waals surface area contributed by atoms with Gasteiger partial charge in [-0.05, 0) is 19.1 Å². The monoisotopic (exact) mass is 280 g/mol. The number of rotatable bonds is 3. The molecule has 0 aliphatic carbocycles. The van der Waals surface area contributed by atoms with Crippen LogP contribution in [0.1, 0.15) is 18.9 Å². The molecule has 1 aromatic carbocycles. The number of aliphatic hydroxyl groups excluding tert-OH is 1. The molecule has 0 amide bonds. The fourth-order valence-corrected chi connectivity index (χ4v) is 2.00. The number of para-hydroxylation sites is 2. The van der Waals surface area contributed by atoms with Gasteiger partial charge in [0.15, 0.2) is 0 Å². The van der Waals surface area contributed by atoms with Gasteiger partial charge in [0, 0.05) is 4.48 Å². The van der Waals surface area contributed by atoms with Crippen LogP contribution in [0.5, 0.6) is 0 Å². The van der Waals surface area contributed by atoms with Crippen molar-refractivity contribution in [2.24, 2.45) is 0 Å². The first-order valence-electron chi connectivity index (χ1n) is 5.06. The van der Waals surface area contributed by atoms with Crippen LogP contribution in [0.25, 0.3) is 11.0 Å². The molecule has 0 fully saturated rings. The normalized spacial score (nSPS) is 12.9. The highest BCUT2D eigenvalue weighted by Gasteiger charge is 2.14. The number of imidazole rings is 1. The molecule has 1 heterocycles. The van der Waals surface area contributed by atoms with Gasteiger partial charge in [0.25, 0.3) is 0 Å². The molecule has 0 saturated carbocycles. The number of hydrogen-bond acceptors (Lipinski definition) is 2. The minimum Gasteiger partial charge on any atom is -0.385 e. The molecule has 1 atom stereocenters. The maximum absolute atomic E-state index is 9.69. The predicted molar refractivity (Wildman–Crippen MR) is 68.4 cm³/mol. The van der Waals surface area contributed by atoms with Gasteiger partial charge in [-0.3, -0.25) is 0 Å². The van der Waals surface area contributed by atoms with E-state index in [9.17, 15) is 5.11 Å². The topological polar surface area (TPSA) is 38.0 Å². The Bertz CT molecular complexity index is 531. The highest BCUT2D eigenvalue weighted by atomic mass is 79.9. The van der Waals surface area contributed by atoms with Gasteiger partial charge in [-0.25, -0.2) is 4.98 Å². The average Bonchev–Trinajstić information content (AvgIpc) is 2.57. The van der Waals surface area contributed by atoms with E-state index in [0.717, 1.165) is 15.5 Å². The smallest absolute Gasteiger partial charge is 0.138 e. The van der Waals surface area contributed by atoms with Gasteiger partial charge in [0.1, 0.15) is 11.9 Å². The van der Waals surface area contributed by atoms with E-state index in [4.69, 9.17) is 0 Å². The van der Waals surface area contributed by atoms with E-state index >= 15 is 0 Å². The predicted octanol–water partition coefficient (Wildman–Crippen LogP) is 3.00. The molecular weight excluding hydrogens is 268 g/mol. The van der Waals surface area contributed by atoms with Gasteiger partial charge >= 0.3 is 0 Å². The zero-order chi connectivity index (χ0) is 11.7. The van der Waals surface area contributed by atoms with Crippen molar-refractivity contribution in [3.05, 3.63) is 41.2 Å². The molecule has 2 rings (SSSR count). The second-order valence-electron chi connectivity index (χ2n) is 3.74. The van der Waals surface area contributed by atoms with Crippen molar-refractivity contribution in [1.29, 1.82) is 0 Å². The Kier molecular flexibility index (Phi) is 3.12. The van der Waals surface area contributed by atoms with Crippen LogP contribution in [-0.4, -0.2) is 14.7 Å². The molecule has 0 radical (unpaired) electrons. The maximum Gasteiger partial charge on any atom is 0.138 e. The van der Waals surface area contributed by atoms with Crippen molar-refractivity contribution in [2.45, 2.75) is 19.6 Å².